The Balaban J connectivity index is 1.91. The molecule has 0 aromatic carbocycles. The van der Waals surface area contributed by atoms with Gasteiger partial charge in [-0.05, 0) is 32.7 Å². The monoisotopic (exact) mass is 284 g/mol. The summed E-state index contributed by atoms with van der Waals surface area (Å²) >= 11 is 0. The Morgan fingerprint density at radius 1 is 1.50 bits per heavy atom. The summed E-state index contributed by atoms with van der Waals surface area (Å²) in [5.41, 5.74) is 1.50. The summed E-state index contributed by atoms with van der Waals surface area (Å²) in [6, 6.07) is -0.971. The van der Waals surface area contributed by atoms with E-state index in [-0.39, 0.29) is 30.4 Å². The van der Waals surface area contributed by atoms with Crippen molar-refractivity contribution in [2.45, 2.75) is 44.3 Å². The number of rotatable bonds is 4. The zero-order valence-electron chi connectivity index (χ0n) is 11.4. The van der Waals surface area contributed by atoms with E-state index in [0.717, 1.165) is 19.4 Å². The molecular weight excluding hydrogens is 264 g/mol. The van der Waals surface area contributed by atoms with E-state index in [9.17, 15) is 14.4 Å². The van der Waals surface area contributed by atoms with Crippen molar-refractivity contribution in [2.75, 3.05) is 13.1 Å². The molecule has 2 aliphatic rings. The molecule has 4 N–H and O–H groups in total. The molecule has 0 radical (unpaired) electrons. The molecule has 2 rings (SSSR count). The predicted octanol–water partition coefficient (Wildman–Crippen LogP) is -1.65. The van der Waals surface area contributed by atoms with E-state index in [1.807, 2.05) is 6.92 Å². The molecule has 2 aliphatic heterocycles. The Morgan fingerprint density at radius 3 is 2.85 bits per heavy atom. The zero-order valence-corrected chi connectivity index (χ0v) is 11.4. The summed E-state index contributed by atoms with van der Waals surface area (Å²) < 4.78 is 0. The van der Waals surface area contributed by atoms with Crippen LogP contribution < -0.4 is 16.1 Å². The van der Waals surface area contributed by atoms with Crippen molar-refractivity contribution in [3.8, 4) is 0 Å². The maximum absolute atomic E-state index is 12.1. The second-order valence-electron chi connectivity index (χ2n) is 5.30. The average Bonchev–Trinajstić information content (AvgIpc) is 3.03. The van der Waals surface area contributed by atoms with E-state index < -0.39 is 11.9 Å². The molecule has 3 amide bonds. The standard InChI is InChI=1S/C12H20N4O4/c1-7-5-9(12(19)16(7)6-10(17)15-20)14-11(18)8-3-2-4-13-8/h7-9,13,20H,2-6H2,1H3,(H,14,18)(H,15,17). The molecule has 0 saturated carbocycles. The van der Waals surface area contributed by atoms with Gasteiger partial charge in [-0.1, -0.05) is 0 Å². The zero-order chi connectivity index (χ0) is 14.7. The SMILES string of the molecule is CC1CC(NC(=O)C2CCCN2)C(=O)N1CC(=O)NO. The van der Waals surface area contributed by atoms with Crippen molar-refractivity contribution in [1.29, 1.82) is 0 Å². The van der Waals surface area contributed by atoms with Gasteiger partial charge < -0.3 is 15.5 Å². The highest BCUT2D eigenvalue weighted by Crippen LogP contribution is 2.19. The second-order valence-corrected chi connectivity index (χ2v) is 5.30. The van der Waals surface area contributed by atoms with Crippen molar-refractivity contribution in [2.24, 2.45) is 0 Å². The van der Waals surface area contributed by atoms with Gasteiger partial charge in [0, 0.05) is 6.04 Å². The Bertz CT molecular complexity index is 408. The normalized spacial score (nSPS) is 29.6. The second kappa shape index (κ2) is 6.19. The first kappa shape index (κ1) is 14.7. The van der Waals surface area contributed by atoms with Gasteiger partial charge in [0.05, 0.1) is 6.04 Å². The lowest BCUT2D eigenvalue weighted by Crippen LogP contribution is -2.49. The number of amides is 3. The lowest BCUT2D eigenvalue weighted by atomic mass is 10.1. The van der Waals surface area contributed by atoms with Crippen LogP contribution in [-0.4, -0.2) is 59.0 Å². The van der Waals surface area contributed by atoms with Crippen molar-refractivity contribution >= 4 is 17.7 Å². The van der Waals surface area contributed by atoms with Crippen LogP contribution in [0, 0.1) is 0 Å². The van der Waals surface area contributed by atoms with Crippen LogP contribution in [0.25, 0.3) is 0 Å². The van der Waals surface area contributed by atoms with E-state index in [0.29, 0.717) is 6.42 Å². The number of hydrogen-bond acceptors (Lipinski definition) is 5. The van der Waals surface area contributed by atoms with Gasteiger partial charge in [-0.15, -0.1) is 0 Å². The summed E-state index contributed by atoms with van der Waals surface area (Å²) in [7, 11) is 0. The number of nitrogens with zero attached hydrogens (tertiary/aromatic N) is 1. The number of hydrogen-bond donors (Lipinski definition) is 4. The number of likely N-dealkylation sites (tertiary alicyclic amines) is 1. The summed E-state index contributed by atoms with van der Waals surface area (Å²) in [6.45, 7) is 2.42. The summed E-state index contributed by atoms with van der Waals surface area (Å²) in [6.07, 6.45) is 2.20. The Kier molecular flexibility index (Phi) is 4.56. The van der Waals surface area contributed by atoms with Crippen molar-refractivity contribution in [3.05, 3.63) is 0 Å². The van der Waals surface area contributed by atoms with Gasteiger partial charge in [-0.25, -0.2) is 5.48 Å². The van der Waals surface area contributed by atoms with Crippen LogP contribution in [0.4, 0.5) is 0 Å². The number of carbonyl (C=O) groups is 3. The molecule has 0 spiro atoms. The van der Waals surface area contributed by atoms with Gasteiger partial charge in [0.15, 0.2) is 0 Å². The third-order valence-electron chi connectivity index (χ3n) is 3.82. The Labute approximate surface area is 116 Å². The quantitative estimate of drug-likeness (QED) is 0.365. The first-order chi connectivity index (χ1) is 9.52. The number of carbonyl (C=O) groups excluding carboxylic acids is 3. The molecule has 0 bridgehead atoms. The average molecular weight is 284 g/mol. The predicted molar refractivity (Wildman–Crippen MR) is 68.7 cm³/mol. The van der Waals surface area contributed by atoms with E-state index >= 15 is 0 Å². The van der Waals surface area contributed by atoms with Gasteiger partial charge >= 0.3 is 0 Å². The van der Waals surface area contributed by atoms with Crippen LogP contribution in [0.2, 0.25) is 0 Å². The molecule has 2 heterocycles. The van der Waals surface area contributed by atoms with Gasteiger partial charge in [0.1, 0.15) is 12.6 Å². The molecule has 8 heteroatoms. The van der Waals surface area contributed by atoms with Crippen LogP contribution in [0.3, 0.4) is 0 Å². The first-order valence-electron chi connectivity index (χ1n) is 6.80. The smallest absolute Gasteiger partial charge is 0.262 e. The van der Waals surface area contributed by atoms with Gasteiger partial charge in [-0.2, -0.15) is 0 Å². The molecule has 20 heavy (non-hydrogen) atoms. The molecule has 3 unspecified atom stereocenters. The molecule has 0 aromatic rings. The van der Waals surface area contributed by atoms with Crippen LogP contribution in [0.5, 0.6) is 0 Å². The van der Waals surface area contributed by atoms with E-state index in [4.69, 9.17) is 5.21 Å². The number of nitrogens with one attached hydrogen (secondary N) is 3. The molecule has 2 fully saturated rings. The van der Waals surface area contributed by atoms with E-state index in [1.165, 1.54) is 10.4 Å². The fourth-order valence-electron chi connectivity index (χ4n) is 2.71. The van der Waals surface area contributed by atoms with Crippen molar-refractivity contribution in [1.82, 2.24) is 21.0 Å². The fraction of sp³-hybridized carbons (Fsp3) is 0.750. The summed E-state index contributed by atoms with van der Waals surface area (Å²) in [5.74, 6) is -1.09. The Morgan fingerprint density at radius 2 is 2.25 bits per heavy atom. The van der Waals surface area contributed by atoms with Gasteiger partial charge in [0.2, 0.25) is 11.8 Å². The van der Waals surface area contributed by atoms with E-state index in [1.54, 1.807) is 0 Å². The maximum Gasteiger partial charge on any atom is 0.262 e. The fourth-order valence-corrected chi connectivity index (χ4v) is 2.71. The highest BCUT2D eigenvalue weighted by atomic mass is 16.5. The van der Waals surface area contributed by atoms with E-state index in [2.05, 4.69) is 10.6 Å². The van der Waals surface area contributed by atoms with Crippen molar-refractivity contribution in [3.63, 3.8) is 0 Å². The molecule has 112 valence electrons. The summed E-state index contributed by atoms with van der Waals surface area (Å²) in [5, 5.41) is 14.3. The van der Waals surface area contributed by atoms with Crippen LogP contribution in [0.1, 0.15) is 26.2 Å². The molecule has 0 aromatic heterocycles. The van der Waals surface area contributed by atoms with Crippen LogP contribution in [0.15, 0.2) is 0 Å². The molecule has 3 atom stereocenters. The minimum Gasteiger partial charge on any atom is -0.343 e. The maximum atomic E-state index is 12.1. The van der Waals surface area contributed by atoms with Gasteiger partial charge in [-0.3, -0.25) is 19.6 Å². The molecule has 8 nitrogen and oxygen atoms in total. The summed E-state index contributed by atoms with van der Waals surface area (Å²) in [4.78, 5) is 36.6. The third kappa shape index (κ3) is 3.07. The number of hydroxylamine groups is 1. The topological polar surface area (TPSA) is 111 Å². The highest BCUT2D eigenvalue weighted by Gasteiger charge is 2.39. The van der Waals surface area contributed by atoms with Crippen LogP contribution in [-0.2, 0) is 14.4 Å². The largest absolute Gasteiger partial charge is 0.343 e. The minimum atomic E-state index is -0.644. The Hall–Kier alpha value is -1.67. The molecular formula is C12H20N4O4. The third-order valence-corrected chi connectivity index (χ3v) is 3.82. The first-order valence-corrected chi connectivity index (χ1v) is 6.80. The molecule has 2 saturated heterocycles. The lowest BCUT2D eigenvalue weighted by Gasteiger charge is -2.20. The van der Waals surface area contributed by atoms with Crippen molar-refractivity contribution < 1.29 is 19.6 Å². The lowest BCUT2D eigenvalue weighted by molar-refractivity contribution is -0.139. The minimum absolute atomic E-state index is 0.151. The highest BCUT2D eigenvalue weighted by molar-refractivity contribution is 5.93. The van der Waals surface area contributed by atoms with Crippen LogP contribution >= 0.6 is 0 Å². The van der Waals surface area contributed by atoms with Gasteiger partial charge in [0.25, 0.3) is 5.91 Å². The molecule has 0 aliphatic carbocycles.